The van der Waals surface area contributed by atoms with Crippen LogP contribution in [0.5, 0.6) is 0 Å². The molecule has 1 aromatic carbocycles. The van der Waals surface area contributed by atoms with E-state index < -0.39 is 18.7 Å². The van der Waals surface area contributed by atoms with E-state index >= 15 is 0 Å². The Labute approximate surface area is 173 Å². The molecule has 0 saturated carbocycles. The number of nitrogens with zero attached hydrogens (tertiary/aromatic N) is 4. The first-order valence-corrected chi connectivity index (χ1v) is 9.45. The number of rotatable bonds is 5. The van der Waals surface area contributed by atoms with Crippen molar-refractivity contribution in [2.45, 2.75) is 26.2 Å². The molecule has 0 unspecified atom stereocenters. The van der Waals surface area contributed by atoms with E-state index in [0.29, 0.717) is 38.0 Å². The summed E-state index contributed by atoms with van der Waals surface area (Å²) in [5, 5.41) is 5.71. The predicted molar refractivity (Wildman–Crippen MR) is 106 cm³/mol. The molecule has 0 radical (unpaired) electrons. The molecule has 0 fully saturated rings. The van der Waals surface area contributed by atoms with Gasteiger partial charge in [0, 0.05) is 39.3 Å². The van der Waals surface area contributed by atoms with Crippen LogP contribution in [0.1, 0.15) is 6.92 Å². The predicted octanol–water partition coefficient (Wildman–Crippen LogP) is 4.83. The quantitative estimate of drug-likeness (QED) is 0.420. The van der Waals surface area contributed by atoms with Crippen molar-refractivity contribution in [1.29, 1.82) is 0 Å². The summed E-state index contributed by atoms with van der Waals surface area (Å²) in [4.78, 5) is 15.7. The number of carbonyl (C=O) groups is 1. The van der Waals surface area contributed by atoms with E-state index in [-0.39, 0.29) is 13.2 Å². The number of benzene rings is 1. The van der Waals surface area contributed by atoms with E-state index in [0.717, 1.165) is 0 Å². The molecule has 0 spiro atoms. The molecule has 0 aliphatic carbocycles. The van der Waals surface area contributed by atoms with Crippen LogP contribution in [-0.4, -0.2) is 38.1 Å². The van der Waals surface area contributed by atoms with Crippen molar-refractivity contribution < 1.29 is 22.7 Å². The molecule has 10 heteroatoms. The van der Waals surface area contributed by atoms with Gasteiger partial charge in [0.1, 0.15) is 13.1 Å². The van der Waals surface area contributed by atoms with E-state index in [9.17, 15) is 18.0 Å². The third-order valence-electron chi connectivity index (χ3n) is 4.60. The number of hydrogen-bond donors (Lipinski definition) is 0. The molecule has 0 amide bonds. The summed E-state index contributed by atoms with van der Waals surface area (Å²) in [5.74, 6) is -0.458. The van der Waals surface area contributed by atoms with Gasteiger partial charge in [-0.1, -0.05) is 11.6 Å². The van der Waals surface area contributed by atoms with Gasteiger partial charge in [-0.2, -0.15) is 18.3 Å². The summed E-state index contributed by atoms with van der Waals surface area (Å²) in [6, 6.07) is 4.89. The van der Waals surface area contributed by atoms with E-state index in [1.165, 1.54) is 27.8 Å². The minimum Gasteiger partial charge on any atom is -0.465 e. The Morgan fingerprint density at radius 1 is 1.23 bits per heavy atom. The Kier molecular flexibility index (Phi) is 5.15. The number of fused-ring (bicyclic) bond motifs is 3. The molecule has 156 valence electrons. The fraction of sp³-hybridized carbons (Fsp3) is 0.250. The fourth-order valence-electron chi connectivity index (χ4n) is 3.54. The number of pyridine rings is 1. The highest BCUT2D eigenvalue weighted by molar-refractivity contribution is 6.32. The summed E-state index contributed by atoms with van der Waals surface area (Å²) >= 11 is 6.30. The van der Waals surface area contributed by atoms with Crippen LogP contribution in [0.3, 0.4) is 0 Å². The molecule has 0 atom stereocenters. The largest absolute Gasteiger partial charge is 0.465 e. The summed E-state index contributed by atoms with van der Waals surface area (Å²) in [5.41, 5.74) is 1.74. The maximum absolute atomic E-state index is 13.4. The molecular weight excluding hydrogens is 421 g/mol. The topological polar surface area (TPSA) is 61.9 Å². The van der Waals surface area contributed by atoms with Gasteiger partial charge in [0.2, 0.25) is 0 Å². The summed E-state index contributed by atoms with van der Waals surface area (Å²) < 4.78 is 47.6. The SMILES string of the molecule is CCOC(=O)Cn1cc(-c2cc(Cl)cc3c4ccncc4n(CC(F)(F)F)c23)cn1. The van der Waals surface area contributed by atoms with Crippen LogP contribution >= 0.6 is 11.6 Å². The number of esters is 1. The van der Waals surface area contributed by atoms with Crippen molar-refractivity contribution in [1.82, 2.24) is 19.3 Å². The first-order chi connectivity index (χ1) is 14.3. The minimum absolute atomic E-state index is 0.104. The van der Waals surface area contributed by atoms with Crippen LogP contribution in [-0.2, 0) is 22.6 Å². The molecule has 3 heterocycles. The number of aromatic nitrogens is 4. The van der Waals surface area contributed by atoms with Crippen LogP contribution in [0.2, 0.25) is 5.02 Å². The molecule has 4 rings (SSSR count). The van der Waals surface area contributed by atoms with Crippen molar-refractivity contribution in [3.63, 3.8) is 0 Å². The summed E-state index contributed by atoms with van der Waals surface area (Å²) in [7, 11) is 0. The second kappa shape index (κ2) is 7.64. The zero-order valence-electron chi connectivity index (χ0n) is 15.8. The Hall–Kier alpha value is -3.07. The van der Waals surface area contributed by atoms with Gasteiger partial charge >= 0.3 is 12.1 Å². The number of ether oxygens (including phenoxy) is 1. The lowest BCUT2D eigenvalue weighted by atomic mass is 10.0. The van der Waals surface area contributed by atoms with Gasteiger partial charge in [-0.25, -0.2) is 0 Å². The van der Waals surface area contributed by atoms with Crippen LogP contribution in [0.25, 0.3) is 32.9 Å². The second-order valence-corrected chi connectivity index (χ2v) is 7.11. The number of halogens is 4. The van der Waals surface area contributed by atoms with Crippen LogP contribution < -0.4 is 0 Å². The highest BCUT2D eigenvalue weighted by Gasteiger charge is 2.30. The average molecular weight is 437 g/mol. The third kappa shape index (κ3) is 3.85. The molecule has 4 aromatic rings. The van der Waals surface area contributed by atoms with Crippen molar-refractivity contribution in [2.75, 3.05) is 6.61 Å². The van der Waals surface area contributed by atoms with Crippen molar-refractivity contribution in [2.24, 2.45) is 0 Å². The third-order valence-corrected chi connectivity index (χ3v) is 4.82. The Bertz CT molecular complexity index is 1250. The maximum Gasteiger partial charge on any atom is 0.406 e. The van der Waals surface area contributed by atoms with Gasteiger partial charge in [-0.05, 0) is 25.1 Å². The minimum atomic E-state index is -4.43. The Balaban J connectivity index is 1.92. The summed E-state index contributed by atoms with van der Waals surface area (Å²) in [6.07, 6.45) is 1.56. The number of hydrogen-bond acceptors (Lipinski definition) is 4. The van der Waals surface area contributed by atoms with Gasteiger partial charge in [0.15, 0.2) is 0 Å². The first kappa shape index (κ1) is 20.2. The second-order valence-electron chi connectivity index (χ2n) is 6.68. The molecule has 0 saturated heterocycles. The molecule has 0 N–H and O–H groups in total. The van der Waals surface area contributed by atoms with Crippen molar-refractivity contribution >= 4 is 39.4 Å². The zero-order valence-corrected chi connectivity index (χ0v) is 16.5. The van der Waals surface area contributed by atoms with Crippen LogP contribution in [0.4, 0.5) is 13.2 Å². The van der Waals surface area contributed by atoms with Gasteiger partial charge in [0.25, 0.3) is 0 Å². The van der Waals surface area contributed by atoms with Gasteiger partial charge < -0.3 is 9.30 Å². The Morgan fingerprint density at radius 3 is 2.77 bits per heavy atom. The van der Waals surface area contributed by atoms with E-state index in [4.69, 9.17) is 16.3 Å². The van der Waals surface area contributed by atoms with Gasteiger partial charge in [-0.3, -0.25) is 14.5 Å². The van der Waals surface area contributed by atoms with E-state index in [1.54, 1.807) is 31.3 Å². The molecule has 30 heavy (non-hydrogen) atoms. The highest BCUT2D eigenvalue weighted by Crippen LogP contribution is 2.39. The van der Waals surface area contributed by atoms with Gasteiger partial charge in [0.05, 0.1) is 30.0 Å². The fourth-order valence-corrected chi connectivity index (χ4v) is 3.75. The molecule has 0 aliphatic heterocycles. The molecule has 6 nitrogen and oxygen atoms in total. The normalized spacial score (nSPS) is 12.0. The number of carbonyl (C=O) groups excluding carboxylic acids is 1. The van der Waals surface area contributed by atoms with Crippen LogP contribution in [0, 0.1) is 0 Å². The van der Waals surface area contributed by atoms with Crippen molar-refractivity contribution in [3.05, 3.63) is 48.0 Å². The molecular formula is C20H16ClF3N4O2. The number of alkyl halides is 3. The lowest BCUT2D eigenvalue weighted by Crippen LogP contribution is -2.17. The average Bonchev–Trinajstić information content (AvgIpc) is 3.24. The van der Waals surface area contributed by atoms with Crippen LogP contribution in [0.15, 0.2) is 43.0 Å². The van der Waals surface area contributed by atoms with E-state index in [2.05, 4.69) is 10.1 Å². The lowest BCUT2D eigenvalue weighted by molar-refractivity contribution is -0.144. The van der Waals surface area contributed by atoms with E-state index in [1.807, 2.05) is 0 Å². The molecule has 0 bridgehead atoms. The highest BCUT2D eigenvalue weighted by atomic mass is 35.5. The Morgan fingerprint density at radius 2 is 2.03 bits per heavy atom. The lowest BCUT2D eigenvalue weighted by Gasteiger charge is -2.13. The molecule has 3 aromatic heterocycles. The standard InChI is InChI=1S/C20H16ClF3N4O2/c1-2-30-18(29)10-27-9-12(7-26-27)15-5-13(21)6-16-14-3-4-25-8-17(14)28(19(15)16)11-20(22,23)24/h3-9H,2,10-11H2,1H3. The van der Waals surface area contributed by atoms with Gasteiger partial charge in [-0.15, -0.1) is 0 Å². The maximum atomic E-state index is 13.4. The monoisotopic (exact) mass is 436 g/mol. The first-order valence-electron chi connectivity index (χ1n) is 9.07. The zero-order chi connectivity index (χ0) is 21.5. The smallest absolute Gasteiger partial charge is 0.406 e. The summed E-state index contributed by atoms with van der Waals surface area (Å²) in [6.45, 7) is 0.661. The van der Waals surface area contributed by atoms with Crippen molar-refractivity contribution in [3.8, 4) is 11.1 Å². The molecule has 0 aliphatic rings.